The maximum absolute atomic E-state index is 9.96. The Morgan fingerprint density at radius 1 is 1.36 bits per heavy atom. The summed E-state index contributed by atoms with van der Waals surface area (Å²) in [5, 5.41) is 8.18. The number of hydrogen-bond acceptors (Lipinski definition) is 4. The Labute approximate surface area is 70.9 Å². The highest BCUT2D eigenvalue weighted by atomic mass is 32.1. The van der Waals surface area contributed by atoms with Crippen molar-refractivity contribution >= 4 is 18.6 Å². The highest BCUT2D eigenvalue weighted by Crippen LogP contribution is 1.84. The second-order valence-corrected chi connectivity index (χ2v) is 2.25. The van der Waals surface area contributed by atoms with Crippen molar-refractivity contribution in [1.29, 1.82) is 0 Å². The molecule has 1 N–H and O–H groups in total. The summed E-state index contributed by atoms with van der Waals surface area (Å²) in [5.74, 6) is -0.221. The smallest absolute Gasteiger partial charge is 0.305 e. The third-order valence-corrected chi connectivity index (χ3v) is 1.05. The van der Waals surface area contributed by atoms with Crippen LogP contribution in [0.5, 0.6) is 0 Å². The maximum atomic E-state index is 9.96. The third kappa shape index (κ3) is 9.74. The Morgan fingerprint density at radius 2 is 2.00 bits per heavy atom. The van der Waals surface area contributed by atoms with Gasteiger partial charge in [-0.15, -0.1) is 0 Å². The van der Waals surface area contributed by atoms with Gasteiger partial charge in [0.1, 0.15) is 6.79 Å². The highest BCUT2D eigenvalue weighted by Gasteiger charge is 1.94. The molecular formula is C6H12O4S. The predicted molar refractivity (Wildman–Crippen MR) is 42.9 cm³/mol. The molecule has 0 aromatic rings. The molecule has 0 aliphatic heterocycles. The minimum Gasteiger partial charge on any atom is -0.481 e. The SMILES string of the molecule is O=C(O)CCOCOCCS. The summed E-state index contributed by atoms with van der Waals surface area (Å²) in [6.07, 6.45) is 0.0181. The minimum atomic E-state index is -0.862. The Balaban J connectivity index is 2.85. The van der Waals surface area contributed by atoms with Crippen molar-refractivity contribution < 1.29 is 19.4 Å². The lowest BCUT2D eigenvalue weighted by atomic mass is 10.5. The van der Waals surface area contributed by atoms with Gasteiger partial charge in [0.15, 0.2) is 0 Å². The summed E-state index contributed by atoms with van der Waals surface area (Å²) < 4.78 is 9.68. The first kappa shape index (κ1) is 10.7. The number of hydrogen-bond donors (Lipinski definition) is 2. The molecule has 0 aliphatic rings. The molecule has 0 radical (unpaired) electrons. The molecule has 0 unspecified atom stereocenters. The lowest BCUT2D eigenvalue weighted by Gasteiger charge is -2.01. The molecule has 0 bridgehead atoms. The van der Waals surface area contributed by atoms with Crippen LogP contribution in [-0.4, -0.2) is 36.8 Å². The molecule has 0 aromatic carbocycles. The fourth-order valence-corrected chi connectivity index (χ4v) is 0.530. The Morgan fingerprint density at radius 3 is 2.55 bits per heavy atom. The Hall–Kier alpha value is -0.260. The highest BCUT2D eigenvalue weighted by molar-refractivity contribution is 7.80. The van der Waals surface area contributed by atoms with Gasteiger partial charge in [0.05, 0.1) is 19.6 Å². The average Bonchev–Trinajstić information content (AvgIpc) is 1.96. The number of ether oxygens (including phenoxy) is 2. The topological polar surface area (TPSA) is 55.8 Å². The van der Waals surface area contributed by atoms with E-state index in [0.717, 1.165) is 0 Å². The van der Waals surface area contributed by atoms with Crippen LogP contribution in [0.25, 0.3) is 0 Å². The van der Waals surface area contributed by atoms with E-state index in [9.17, 15) is 4.79 Å². The zero-order valence-electron chi connectivity index (χ0n) is 6.15. The molecule has 5 heteroatoms. The van der Waals surface area contributed by atoms with Crippen LogP contribution >= 0.6 is 12.6 Å². The van der Waals surface area contributed by atoms with Gasteiger partial charge in [0.2, 0.25) is 0 Å². The lowest BCUT2D eigenvalue weighted by Crippen LogP contribution is -2.06. The summed E-state index contributed by atoms with van der Waals surface area (Å²) in [6.45, 7) is 0.867. The van der Waals surface area contributed by atoms with Crippen LogP contribution in [0, 0.1) is 0 Å². The van der Waals surface area contributed by atoms with E-state index in [2.05, 4.69) is 12.6 Å². The quantitative estimate of drug-likeness (QED) is 0.338. The van der Waals surface area contributed by atoms with Crippen LogP contribution in [0.1, 0.15) is 6.42 Å². The number of carbonyl (C=O) groups is 1. The van der Waals surface area contributed by atoms with Crippen molar-refractivity contribution in [3.63, 3.8) is 0 Å². The second kappa shape index (κ2) is 7.84. The summed E-state index contributed by atoms with van der Waals surface area (Å²) in [7, 11) is 0. The van der Waals surface area contributed by atoms with Crippen LogP contribution in [0.4, 0.5) is 0 Å². The molecule has 11 heavy (non-hydrogen) atoms. The van der Waals surface area contributed by atoms with E-state index >= 15 is 0 Å². The van der Waals surface area contributed by atoms with E-state index in [1.165, 1.54) is 0 Å². The zero-order chi connectivity index (χ0) is 8.53. The first-order chi connectivity index (χ1) is 5.27. The van der Waals surface area contributed by atoms with Gasteiger partial charge in [0.25, 0.3) is 0 Å². The molecule has 0 atom stereocenters. The Bertz CT molecular complexity index is 107. The first-order valence-electron chi connectivity index (χ1n) is 3.25. The molecule has 66 valence electrons. The van der Waals surface area contributed by atoms with Gasteiger partial charge in [-0.3, -0.25) is 4.79 Å². The van der Waals surface area contributed by atoms with Crippen molar-refractivity contribution in [1.82, 2.24) is 0 Å². The first-order valence-corrected chi connectivity index (χ1v) is 3.88. The van der Waals surface area contributed by atoms with Crippen LogP contribution in [0.3, 0.4) is 0 Å². The minimum absolute atomic E-state index is 0.0181. The van der Waals surface area contributed by atoms with Gasteiger partial charge >= 0.3 is 5.97 Å². The van der Waals surface area contributed by atoms with E-state index in [-0.39, 0.29) is 19.8 Å². The molecule has 0 saturated carbocycles. The number of thiol groups is 1. The molecule has 0 aromatic heterocycles. The number of carboxylic acid groups (broad SMARTS) is 1. The summed E-state index contributed by atoms with van der Waals surface area (Å²) in [5.41, 5.74) is 0. The van der Waals surface area contributed by atoms with Crippen molar-refractivity contribution in [3.8, 4) is 0 Å². The summed E-state index contributed by atoms with van der Waals surface area (Å²) >= 11 is 3.90. The molecular weight excluding hydrogens is 168 g/mol. The zero-order valence-corrected chi connectivity index (χ0v) is 7.05. The third-order valence-electron chi connectivity index (χ3n) is 0.863. The summed E-state index contributed by atoms with van der Waals surface area (Å²) in [6, 6.07) is 0. The molecule has 0 aliphatic carbocycles. The molecule has 0 fully saturated rings. The predicted octanol–water partition coefficient (Wildman–Crippen LogP) is 0.382. The maximum Gasteiger partial charge on any atom is 0.305 e. The molecule has 0 spiro atoms. The van der Waals surface area contributed by atoms with Crippen LogP contribution in [-0.2, 0) is 14.3 Å². The average molecular weight is 180 g/mol. The fraction of sp³-hybridized carbons (Fsp3) is 0.833. The molecule has 0 heterocycles. The van der Waals surface area contributed by atoms with E-state index in [4.69, 9.17) is 14.6 Å². The van der Waals surface area contributed by atoms with Crippen molar-refractivity contribution in [2.75, 3.05) is 25.8 Å². The summed E-state index contributed by atoms with van der Waals surface area (Å²) in [4.78, 5) is 9.96. The largest absolute Gasteiger partial charge is 0.481 e. The van der Waals surface area contributed by atoms with Crippen molar-refractivity contribution in [2.24, 2.45) is 0 Å². The van der Waals surface area contributed by atoms with Gasteiger partial charge in [0, 0.05) is 5.75 Å². The van der Waals surface area contributed by atoms with E-state index in [0.29, 0.717) is 12.4 Å². The van der Waals surface area contributed by atoms with Crippen molar-refractivity contribution in [3.05, 3.63) is 0 Å². The molecule has 0 rings (SSSR count). The number of rotatable bonds is 7. The molecule has 0 amide bonds. The standard InChI is InChI=1S/C6H12O4S/c7-6(8)1-2-9-5-10-3-4-11/h11H,1-5H2,(H,7,8). The van der Waals surface area contributed by atoms with Crippen LogP contribution in [0.2, 0.25) is 0 Å². The van der Waals surface area contributed by atoms with E-state index in [1.807, 2.05) is 0 Å². The van der Waals surface area contributed by atoms with Gasteiger partial charge in [-0.25, -0.2) is 0 Å². The van der Waals surface area contributed by atoms with Gasteiger partial charge in [-0.1, -0.05) is 0 Å². The van der Waals surface area contributed by atoms with Gasteiger partial charge in [-0.2, -0.15) is 12.6 Å². The van der Waals surface area contributed by atoms with E-state index in [1.54, 1.807) is 0 Å². The van der Waals surface area contributed by atoms with E-state index < -0.39 is 5.97 Å². The van der Waals surface area contributed by atoms with Gasteiger partial charge < -0.3 is 14.6 Å². The Kier molecular flexibility index (Phi) is 7.66. The fourth-order valence-electron chi connectivity index (χ4n) is 0.401. The van der Waals surface area contributed by atoms with Gasteiger partial charge in [-0.05, 0) is 0 Å². The molecule has 4 nitrogen and oxygen atoms in total. The van der Waals surface area contributed by atoms with Crippen LogP contribution in [0.15, 0.2) is 0 Å². The van der Waals surface area contributed by atoms with Crippen molar-refractivity contribution in [2.45, 2.75) is 6.42 Å². The normalized spacial score (nSPS) is 9.91. The number of carboxylic acids is 1. The monoisotopic (exact) mass is 180 g/mol. The molecule has 0 saturated heterocycles. The van der Waals surface area contributed by atoms with Crippen LogP contribution < -0.4 is 0 Å². The second-order valence-electron chi connectivity index (χ2n) is 1.80. The number of aliphatic carboxylic acids is 1. The lowest BCUT2D eigenvalue weighted by molar-refractivity contribution is -0.139.